The number of carbonyl (C=O) groups is 1. The van der Waals surface area contributed by atoms with Crippen LogP contribution in [0.25, 0.3) is 0 Å². The SMILES string of the molecule is CNc1ccc(C(=O)N(CCc2ccccc2)CCN(C)C)cc1[N+](=O)[O-]. The molecule has 2 aromatic carbocycles. The van der Waals surface area contributed by atoms with Crippen LogP contribution in [0.2, 0.25) is 0 Å². The zero-order valence-corrected chi connectivity index (χ0v) is 16.0. The molecular formula is C20H26N4O3. The monoisotopic (exact) mass is 370 g/mol. The van der Waals surface area contributed by atoms with Crippen LogP contribution in [0, 0.1) is 10.1 Å². The average Bonchev–Trinajstić information content (AvgIpc) is 2.67. The lowest BCUT2D eigenvalue weighted by Crippen LogP contribution is -2.38. The molecule has 0 aromatic heterocycles. The van der Waals surface area contributed by atoms with Crippen molar-refractivity contribution in [2.45, 2.75) is 6.42 Å². The first-order chi connectivity index (χ1) is 12.9. The molecule has 1 N–H and O–H groups in total. The molecule has 0 fully saturated rings. The summed E-state index contributed by atoms with van der Waals surface area (Å²) in [4.78, 5) is 27.6. The Morgan fingerprint density at radius 3 is 2.37 bits per heavy atom. The summed E-state index contributed by atoms with van der Waals surface area (Å²) in [6.07, 6.45) is 0.733. The first kappa shape index (κ1) is 20.4. The molecule has 0 saturated carbocycles. The Labute approximate surface area is 159 Å². The van der Waals surface area contributed by atoms with Crippen LogP contribution >= 0.6 is 0 Å². The summed E-state index contributed by atoms with van der Waals surface area (Å²) < 4.78 is 0. The minimum absolute atomic E-state index is 0.0982. The average molecular weight is 370 g/mol. The quantitative estimate of drug-likeness (QED) is 0.542. The van der Waals surface area contributed by atoms with Crippen molar-refractivity contribution in [1.29, 1.82) is 0 Å². The number of nitro groups is 1. The molecule has 0 aliphatic rings. The van der Waals surface area contributed by atoms with Crippen molar-refractivity contribution in [3.05, 3.63) is 69.8 Å². The van der Waals surface area contributed by atoms with Gasteiger partial charge in [-0.25, -0.2) is 0 Å². The molecule has 0 aliphatic heterocycles. The molecule has 2 aromatic rings. The van der Waals surface area contributed by atoms with Gasteiger partial charge >= 0.3 is 0 Å². The summed E-state index contributed by atoms with van der Waals surface area (Å²) >= 11 is 0. The zero-order chi connectivity index (χ0) is 19.8. The van der Waals surface area contributed by atoms with Crippen molar-refractivity contribution in [3.63, 3.8) is 0 Å². The molecule has 0 saturated heterocycles. The highest BCUT2D eigenvalue weighted by molar-refractivity contribution is 5.95. The van der Waals surface area contributed by atoms with Crippen LogP contribution in [-0.2, 0) is 6.42 Å². The van der Waals surface area contributed by atoms with Gasteiger partial charge in [0.1, 0.15) is 5.69 Å². The minimum Gasteiger partial charge on any atom is -0.383 e. The lowest BCUT2D eigenvalue weighted by Gasteiger charge is -2.24. The van der Waals surface area contributed by atoms with Crippen LogP contribution in [0.3, 0.4) is 0 Å². The van der Waals surface area contributed by atoms with E-state index in [-0.39, 0.29) is 11.6 Å². The highest BCUT2D eigenvalue weighted by atomic mass is 16.6. The van der Waals surface area contributed by atoms with Crippen LogP contribution in [0.1, 0.15) is 15.9 Å². The molecule has 2 rings (SSSR count). The van der Waals surface area contributed by atoms with Gasteiger partial charge in [-0.3, -0.25) is 14.9 Å². The summed E-state index contributed by atoms with van der Waals surface area (Å²) in [6, 6.07) is 14.5. The zero-order valence-electron chi connectivity index (χ0n) is 16.0. The van der Waals surface area contributed by atoms with E-state index >= 15 is 0 Å². The van der Waals surface area contributed by atoms with Gasteiger partial charge in [-0.15, -0.1) is 0 Å². The molecule has 7 heteroatoms. The van der Waals surface area contributed by atoms with Crippen LogP contribution in [0.4, 0.5) is 11.4 Å². The van der Waals surface area contributed by atoms with Gasteiger partial charge in [0.2, 0.25) is 0 Å². The Bertz CT molecular complexity index is 778. The van der Waals surface area contributed by atoms with Crippen LogP contribution in [-0.4, -0.2) is 61.4 Å². The number of hydrogen-bond acceptors (Lipinski definition) is 5. The van der Waals surface area contributed by atoms with E-state index in [0.717, 1.165) is 18.5 Å². The maximum atomic E-state index is 13.0. The summed E-state index contributed by atoms with van der Waals surface area (Å²) in [5.74, 6) is -0.196. The van der Waals surface area contributed by atoms with Crippen molar-refractivity contribution in [1.82, 2.24) is 9.80 Å². The number of hydrogen-bond donors (Lipinski definition) is 1. The number of likely N-dealkylation sites (N-methyl/N-ethyl adjacent to an activating group) is 1. The summed E-state index contributed by atoms with van der Waals surface area (Å²) in [5, 5.41) is 14.1. The largest absolute Gasteiger partial charge is 0.383 e. The van der Waals surface area contributed by atoms with Gasteiger partial charge in [0, 0.05) is 38.3 Å². The van der Waals surface area contributed by atoms with Crippen LogP contribution in [0.5, 0.6) is 0 Å². The van der Waals surface area contributed by atoms with E-state index < -0.39 is 4.92 Å². The fourth-order valence-electron chi connectivity index (χ4n) is 2.75. The molecule has 0 aliphatic carbocycles. The number of carbonyl (C=O) groups excluding carboxylic acids is 1. The Balaban J connectivity index is 2.21. The number of nitrogens with zero attached hydrogens (tertiary/aromatic N) is 3. The highest BCUT2D eigenvalue weighted by Crippen LogP contribution is 2.25. The van der Waals surface area contributed by atoms with E-state index in [1.54, 1.807) is 24.1 Å². The second-order valence-electron chi connectivity index (χ2n) is 6.57. The summed E-state index contributed by atoms with van der Waals surface area (Å²) in [5.41, 5.74) is 1.77. The van der Waals surface area contributed by atoms with Gasteiger partial charge in [0.15, 0.2) is 0 Å². The molecule has 27 heavy (non-hydrogen) atoms. The van der Waals surface area contributed by atoms with Gasteiger partial charge in [-0.05, 0) is 38.2 Å². The third kappa shape index (κ3) is 5.79. The van der Waals surface area contributed by atoms with E-state index in [4.69, 9.17) is 0 Å². The number of amides is 1. The lowest BCUT2D eigenvalue weighted by atomic mass is 10.1. The van der Waals surface area contributed by atoms with E-state index in [9.17, 15) is 14.9 Å². The number of rotatable bonds is 9. The third-order valence-electron chi connectivity index (χ3n) is 4.33. The Kier molecular flexibility index (Phi) is 7.31. The fourth-order valence-corrected chi connectivity index (χ4v) is 2.75. The van der Waals surface area contributed by atoms with Crippen molar-refractivity contribution >= 4 is 17.3 Å². The van der Waals surface area contributed by atoms with Crippen molar-refractivity contribution in [2.75, 3.05) is 46.1 Å². The normalized spacial score (nSPS) is 10.7. The maximum Gasteiger partial charge on any atom is 0.293 e. The Morgan fingerprint density at radius 1 is 1.07 bits per heavy atom. The molecule has 0 heterocycles. The molecule has 0 unspecified atom stereocenters. The highest BCUT2D eigenvalue weighted by Gasteiger charge is 2.21. The van der Waals surface area contributed by atoms with E-state index in [2.05, 4.69) is 5.32 Å². The number of nitrogens with one attached hydrogen (secondary N) is 1. The number of anilines is 1. The van der Waals surface area contributed by atoms with Crippen molar-refractivity contribution < 1.29 is 9.72 Å². The molecule has 7 nitrogen and oxygen atoms in total. The number of benzene rings is 2. The standard InChI is InChI=1S/C20H26N4O3/c1-21-18-10-9-17(15-19(18)24(26)27)20(25)23(14-13-22(2)3)12-11-16-7-5-4-6-8-16/h4-10,15,21H,11-14H2,1-3H3. The van der Waals surface area contributed by atoms with E-state index in [0.29, 0.717) is 24.3 Å². The smallest absolute Gasteiger partial charge is 0.293 e. The Morgan fingerprint density at radius 2 is 1.78 bits per heavy atom. The molecule has 0 bridgehead atoms. The summed E-state index contributed by atoms with van der Waals surface area (Å²) in [6.45, 7) is 1.83. The molecule has 144 valence electrons. The van der Waals surface area contributed by atoms with Crippen molar-refractivity contribution in [2.24, 2.45) is 0 Å². The maximum absolute atomic E-state index is 13.0. The third-order valence-corrected chi connectivity index (χ3v) is 4.33. The van der Waals surface area contributed by atoms with Gasteiger partial charge < -0.3 is 15.1 Å². The molecule has 1 amide bonds. The van der Waals surface area contributed by atoms with Gasteiger partial charge in [0.05, 0.1) is 4.92 Å². The van der Waals surface area contributed by atoms with Gasteiger partial charge in [-0.1, -0.05) is 30.3 Å². The van der Waals surface area contributed by atoms with Crippen molar-refractivity contribution in [3.8, 4) is 0 Å². The summed E-state index contributed by atoms with van der Waals surface area (Å²) in [7, 11) is 5.52. The first-order valence-corrected chi connectivity index (χ1v) is 8.86. The second-order valence-corrected chi connectivity index (χ2v) is 6.57. The van der Waals surface area contributed by atoms with E-state index in [1.807, 2.05) is 49.3 Å². The molecule has 0 spiro atoms. The van der Waals surface area contributed by atoms with Gasteiger partial charge in [-0.2, -0.15) is 0 Å². The predicted octanol–water partition coefficient (Wildman–Crippen LogP) is 2.88. The van der Waals surface area contributed by atoms with Crippen LogP contribution < -0.4 is 5.32 Å². The van der Waals surface area contributed by atoms with Gasteiger partial charge in [0.25, 0.3) is 11.6 Å². The van der Waals surface area contributed by atoms with Crippen LogP contribution in [0.15, 0.2) is 48.5 Å². The fraction of sp³-hybridized carbons (Fsp3) is 0.350. The second kappa shape index (κ2) is 9.68. The topological polar surface area (TPSA) is 78.7 Å². The Hall–Kier alpha value is -2.93. The first-order valence-electron chi connectivity index (χ1n) is 8.86. The predicted molar refractivity (Wildman–Crippen MR) is 107 cm³/mol. The minimum atomic E-state index is -0.475. The van der Waals surface area contributed by atoms with E-state index in [1.165, 1.54) is 6.07 Å². The molecular weight excluding hydrogens is 344 g/mol. The number of nitro benzene ring substituents is 1. The molecule has 0 atom stereocenters. The molecule has 0 radical (unpaired) electrons. The lowest BCUT2D eigenvalue weighted by molar-refractivity contribution is -0.384.